The van der Waals surface area contributed by atoms with Crippen molar-refractivity contribution < 1.29 is 0 Å². The van der Waals surface area contributed by atoms with E-state index in [-0.39, 0.29) is 11.6 Å². The zero-order chi connectivity index (χ0) is 15.8. The van der Waals surface area contributed by atoms with Gasteiger partial charge >= 0.3 is 0 Å². The van der Waals surface area contributed by atoms with E-state index < -0.39 is 0 Å². The maximum absolute atomic E-state index is 3.55. The monoisotopic (exact) mass is 312 g/mol. The van der Waals surface area contributed by atoms with E-state index in [1.54, 1.807) is 0 Å². The van der Waals surface area contributed by atoms with E-state index in [0.29, 0.717) is 0 Å². The molecule has 4 nitrogen and oxygen atoms in total. The molecule has 0 aromatic heterocycles. The summed E-state index contributed by atoms with van der Waals surface area (Å²) >= 11 is 0. The fourth-order valence-corrected chi connectivity index (χ4v) is 4.08. The zero-order valence-electron chi connectivity index (χ0n) is 13.0. The molecule has 4 heteroatoms. The Balaban J connectivity index is 1.32. The Bertz CT molecular complexity index is 845. The molecule has 6 rings (SSSR count). The second-order valence-electron chi connectivity index (χ2n) is 6.43. The molecule has 3 aliphatic rings. The van der Waals surface area contributed by atoms with Gasteiger partial charge in [-0.05, 0) is 36.4 Å². The van der Waals surface area contributed by atoms with Gasteiger partial charge in [0.15, 0.2) is 0 Å². The van der Waals surface area contributed by atoms with Crippen molar-refractivity contribution in [3.8, 4) is 0 Å². The van der Waals surface area contributed by atoms with Gasteiger partial charge in [-0.3, -0.25) is 9.80 Å². The lowest BCUT2D eigenvalue weighted by atomic mass is 10.3. The lowest BCUT2D eigenvalue weighted by Crippen LogP contribution is -2.62. The van der Waals surface area contributed by atoms with Gasteiger partial charge in [-0.1, -0.05) is 54.6 Å². The van der Waals surface area contributed by atoms with Crippen molar-refractivity contribution in [2.75, 3.05) is 15.2 Å². The number of nitrogens with one attached hydrogen (secondary N) is 1. The number of anilines is 3. The summed E-state index contributed by atoms with van der Waals surface area (Å²) in [6.45, 7) is 0. The highest BCUT2D eigenvalue weighted by Crippen LogP contribution is 2.91. The molecule has 0 unspecified atom stereocenters. The van der Waals surface area contributed by atoms with Gasteiger partial charge < -0.3 is 5.43 Å². The van der Waals surface area contributed by atoms with Gasteiger partial charge in [-0.25, -0.2) is 0 Å². The molecule has 0 bridgehead atoms. The summed E-state index contributed by atoms with van der Waals surface area (Å²) in [6, 6.07) is 31.6. The predicted molar refractivity (Wildman–Crippen MR) is 95.2 cm³/mol. The minimum Gasteiger partial charge on any atom is -0.311 e. The molecule has 3 aliphatic heterocycles. The third kappa shape index (κ3) is 1.19. The standard InChI is InChI=1S/C20H16N4/c1-4-10-16(11-5-1)21-24-19-20(24,22(19)17-12-6-2-7-13-17)23(19)18-14-8-3-9-15-18/h1-15,21H. The molecule has 1 N–H and O–H groups in total. The fraction of sp³-hybridized carbons (Fsp3) is 0.100. The first-order valence-corrected chi connectivity index (χ1v) is 8.24. The summed E-state index contributed by atoms with van der Waals surface area (Å²) in [4.78, 5) is 4.92. The van der Waals surface area contributed by atoms with Crippen LogP contribution in [0.2, 0.25) is 0 Å². The predicted octanol–water partition coefficient (Wildman–Crippen LogP) is 3.68. The second kappa shape index (κ2) is 3.91. The molecule has 3 heterocycles. The molecule has 0 saturated carbocycles. The van der Waals surface area contributed by atoms with Gasteiger partial charge in [0.05, 0.1) is 0 Å². The first-order chi connectivity index (χ1) is 11.9. The van der Waals surface area contributed by atoms with Crippen LogP contribution in [0.5, 0.6) is 0 Å². The summed E-state index contributed by atoms with van der Waals surface area (Å²) < 4.78 is 0. The number of hydrogen-bond donors (Lipinski definition) is 1. The SMILES string of the molecule is c1ccc(NN2C34N(c5ccccc5)C23N4c2ccccc2)cc1. The quantitative estimate of drug-likeness (QED) is 0.742. The van der Waals surface area contributed by atoms with E-state index in [9.17, 15) is 0 Å². The highest BCUT2D eigenvalue weighted by Gasteiger charge is 3.21. The van der Waals surface area contributed by atoms with Crippen LogP contribution >= 0.6 is 0 Å². The molecular weight excluding hydrogens is 296 g/mol. The van der Waals surface area contributed by atoms with Crippen LogP contribution in [0.1, 0.15) is 0 Å². The van der Waals surface area contributed by atoms with Crippen molar-refractivity contribution >= 4 is 17.1 Å². The van der Waals surface area contributed by atoms with E-state index in [1.165, 1.54) is 11.4 Å². The maximum atomic E-state index is 3.55. The third-order valence-corrected chi connectivity index (χ3v) is 5.21. The zero-order valence-corrected chi connectivity index (χ0v) is 13.0. The Hall–Kier alpha value is -2.98. The van der Waals surface area contributed by atoms with Crippen molar-refractivity contribution in [3.05, 3.63) is 91.0 Å². The highest BCUT2D eigenvalue weighted by molar-refractivity contribution is 5.97. The Kier molecular flexibility index (Phi) is 2.03. The van der Waals surface area contributed by atoms with Crippen molar-refractivity contribution in [1.82, 2.24) is 5.01 Å². The van der Waals surface area contributed by atoms with Crippen molar-refractivity contribution in [3.63, 3.8) is 0 Å². The van der Waals surface area contributed by atoms with E-state index in [1.807, 2.05) is 6.07 Å². The third-order valence-electron chi connectivity index (χ3n) is 5.21. The molecule has 0 aliphatic carbocycles. The summed E-state index contributed by atoms with van der Waals surface area (Å²) in [6.07, 6.45) is 0. The molecule has 0 spiro atoms. The van der Waals surface area contributed by atoms with Crippen LogP contribution in [0.3, 0.4) is 0 Å². The molecule has 3 aromatic carbocycles. The Labute approximate surface area is 140 Å². The van der Waals surface area contributed by atoms with Crippen molar-refractivity contribution in [1.29, 1.82) is 0 Å². The average molecular weight is 312 g/mol. The van der Waals surface area contributed by atoms with Crippen LogP contribution in [-0.2, 0) is 0 Å². The Morgan fingerprint density at radius 1 is 0.542 bits per heavy atom. The van der Waals surface area contributed by atoms with Crippen LogP contribution in [0.4, 0.5) is 17.1 Å². The summed E-state index contributed by atoms with van der Waals surface area (Å²) in [5.41, 5.74) is 7.22. The van der Waals surface area contributed by atoms with Crippen LogP contribution < -0.4 is 15.2 Å². The maximum Gasteiger partial charge on any atom is 0.259 e. The molecule has 0 atom stereocenters. The van der Waals surface area contributed by atoms with E-state index in [2.05, 4.69) is 105 Å². The fourth-order valence-electron chi connectivity index (χ4n) is 4.08. The minimum atomic E-state index is -0.0362. The van der Waals surface area contributed by atoms with Crippen molar-refractivity contribution in [2.24, 2.45) is 0 Å². The second-order valence-corrected chi connectivity index (χ2v) is 6.43. The molecule has 0 amide bonds. The molecular formula is C20H16N4. The molecule has 0 radical (unpaired) electrons. The number of hydrogen-bond acceptors (Lipinski definition) is 4. The van der Waals surface area contributed by atoms with Gasteiger partial charge in [0.2, 0.25) is 0 Å². The summed E-state index contributed by atoms with van der Waals surface area (Å²) in [5.74, 6) is -0.0723. The first kappa shape index (κ1) is 12.4. The largest absolute Gasteiger partial charge is 0.311 e. The number of hydrazine groups is 1. The minimum absolute atomic E-state index is 0.0362. The molecule has 24 heavy (non-hydrogen) atoms. The van der Waals surface area contributed by atoms with Crippen LogP contribution in [-0.4, -0.2) is 16.6 Å². The van der Waals surface area contributed by atoms with Gasteiger partial charge in [-0.2, -0.15) is 0 Å². The van der Waals surface area contributed by atoms with Crippen molar-refractivity contribution in [2.45, 2.75) is 11.6 Å². The first-order valence-electron chi connectivity index (χ1n) is 8.24. The van der Waals surface area contributed by atoms with Gasteiger partial charge in [-0.15, -0.1) is 5.01 Å². The van der Waals surface area contributed by atoms with E-state index >= 15 is 0 Å². The van der Waals surface area contributed by atoms with Gasteiger partial charge in [0.25, 0.3) is 11.6 Å². The van der Waals surface area contributed by atoms with E-state index in [4.69, 9.17) is 0 Å². The number of para-hydroxylation sites is 3. The summed E-state index contributed by atoms with van der Waals surface area (Å²) in [7, 11) is 0. The Morgan fingerprint density at radius 3 is 1.42 bits per heavy atom. The molecule has 3 fully saturated rings. The number of benzene rings is 3. The molecule has 116 valence electrons. The topological polar surface area (TPSA) is 21.1 Å². The van der Waals surface area contributed by atoms with Crippen LogP contribution in [0.15, 0.2) is 91.0 Å². The number of nitrogens with zero attached hydrogens (tertiary/aromatic N) is 3. The van der Waals surface area contributed by atoms with Gasteiger partial charge in [0, 0.05) is 17.1 Å². The van der Waals surface area contributed by atoms with Crippen LogP contribution in [0, 0.1) is 0 Å². The van der Waals surface area contributed by atoms with E-state index in [0.717, 1.165) is 5.69 Å². The Morgan fingerprint density at radius 2 is 0.958 bits per heavy atom. The van der Waals surface area contributed by atoms with Crippen LogP contribution in [0.25, 0.3) is 0 Å². The average Bonchev–Trinajstić information content (AvgIpc) is 3.57. The molecule has 3 saturated heterocycles. The summed E-state index contributed by atoms with van der Waals surface area (Å²) in [5, 5.41) is 2.33. The molecule has 3 aromatic rings. The van der Waals surface area contributed by atoms with Gasteiger partial charge in [0.1, 0.15) is 0 Å². The lowest BCUT2D eigenvalue weighted by molar-refractivity contribution is 0.258. The normalized spacial score (nSPS) is 31.1. The highest BCUT2D eigenvalue weighted by atomic mass is 16.2. The smallest absolute Gasteiger partial charge is 0.259 e. The lowest BCUT2D eigenvalue weighted by Gasteiger charge is -2.43. The number of rotatable bonds is 4.